The number of hydrogen-bond acceptors (Lipinski definition) is 4. The van der Waals surface area contributed by atoms with Crippen LogP contribution in [-0.2, 0) is 13.1 Å². The number of H-pyrrole nitrogens is 1. The van der Waals surface area contributed by atoms with E-state index in [0.717, 1.165) is 38.8 Å². The van der Waals surface area contributed by atoms with Crippen LogP contribution in [0.4, 0.5) is 5.82 Å². The van der Waals surface area contributed by atoms with E-state index in [1.54, 1.807) is 0 Å². The largest absolute Gasteiger partial charge is 0.385 e. The summed E-state index contributed by atoms with van der Waals surface area (Å²) in [4.78, 5) is 28.6. The second-order valence-corrected chi connectivity index (χ2v) is 5.82. The first kappa shape index (κ1) is 15.8. The molecule has 1 aliphatic heterocycles. The standard InChI is InChI=1S/C15H26N4O2/c1-2-3-10-19-13(16)12(14(20)17-15(19)21)11-18-8-6-4-5-7-9-18/h2-11,16H2,1H3,(H,17,20,21). The fourth-order valence-electron chi connectivity index (χ4n) is 2.84. The highest BCUT2D eigenvalue weighted by Gasteiger charge is 2.16. The lowest BCUT2D eigenvalue weighted by Crippen LogP contribution is -2.37. The van der Waals surface area contributed by atoms with Crippen molar-refractivity contribution in [2.24, 2.45) is 0 Å². The highest BCUT2D eigenvalue weighted by molar-refractivity contribution is 5.38. The Kier molecular flexibility index (Phi) is 5.61. The van der Waals surface area contributed by atoms with E-state index in [1.807, 2.05) is 0 Å². The smallest absolute Gasteiger partial charge is 0.329 e. The third-order valence-corrected chi connectivity index (χ3v) is 4.16. The third kappa shape index (κ3) is 3.97. The first-order chi connectivity index (χ1) is 10.1. The Labute approximate surface area is 125 Å². The monoisotopic (exact) mass is 294 g/mol. The lowest BCUT2D eigenvalue weighted by Gasteiger charge is -2.21. The molecule has 6 nitrogen and oxygen atoms in total. The molecule has 0 spiro atoms. The van der Waals surface area contributed by atoms with E-state index in [4.69, 9.17) is 5.73 Å². The van der Waals surface area contributed by atoms with Gasteiger partial charge in [0.2, 0.25) is 0 Å². The van der Waals surface area contributed by atoms with Crippen LogP contribution in [0.3, 0.4) is 0 Å². The van der Waals surface area contributed by atoms with Crippen LogP contribution in [0.1, 0.15) is 51.0 Å². The van der Waals surface area contributed by atoms with Crippen molar-refractivity contribution in [2.45, 2.75) is 58.5 Å². The molecule has 1 aromatic rings. The molecule has 118 valence electrons. The summed E-state index contributed by atoms with van der Waals surface area (Å²) >= 11 is 0. The molecule has 21 heavy (non-hydrogen) atoms. The van der Waals surface area contributed by atoms with Gasteiger partial charge in [0.25, 0.3) is 5.56 Å². The maximum atomic E-state index is 12.1. The molecule has 0 unspecified atom stereocenters. The Hall–Kier alpha value is -1.56. The second kappa shape index (κ2) is 7.45. The summed E-state index contributed by atoms with van der Waals surface area (Å²) < 4.78 is 1.50. The molecular weight excluding hydrogens is 268 g/mol. The van der Waals surface area contributed by atoms with Crippen LogP contribution >= 0.6 is 0 Å². The summed E-state index contributed by atoms with van der Waals surface area (Å²) in [5, 5.41) is 0. The van der Waals surface area contributed by atoms with Crippen LogP contribution in [0.2, 0.25) is 0 Å². The molecule has 0 atom stereocenters. The molecule has 0 saturated carbocycles. The molecular formula is C15H26N4O2. The van der Waals surface area contributed by atoms with Gasteiger partial charge in [-0.05, 0) is 32.4 Å². The Balaban J connectivity index is 2.25. The van der Waals surface area contributed by atoms with E-state index in [9.17, 15) is 9.59 Å². The molecule has 1 aliphatic rings. The first-order valence-corrected chi connectivity index (χ1v) is 7.97. The van der Waals surface area contributed by atoms with Crippen molar-refractivity contribution < 1.29 is 0 Å². The summed E-state index contributed by atoms with van der Waals surface area (Å²) in [6.45, 7) is 5.14. The van der Waals surface area contributed by atoms with Gasteiger partial charge in [0.05, 0.1) is 5.56 Å². The summed E-state index contributed by atoms with van der Waals surface area (Å²) in [5.41, 5.74) is 5.90. The fourth-order valence-corrected chi connectivity index (χ4v) is 2.84. The summed E-state index contributed by atoms with van der Waals surface area (Å²) in [5.74, 6) is 0.335. The van der Waals surface area contributed by atoms with E-state index < -0.39 is 5.69 Å². The highest BCUT2D eigenvalue weighted by atomic mass is 16.2. The van der Waals surface area contributed by atoms with Crippen LogP contribution < -0.4 is 17.0 Å². The van der Waals surface area contributed by atoms with Gasteiger partial charge in [-0.2, -0.15) is 0 Å². The molecule has 1 aromatic heterocycles. The van der Waals surface area contributed by atoms with Crippen LogP contribution in [0.5, 0.6) is 0 Å². The molecule has 0 radical (unpaired) electrons. The zero-order chi connectivity index (χ0) is 15.2. The van der Waals surface area contributed by atoms with E-state index in [1.165, 1.54) is 17.4 Å². The molecule has 1 saturated heterocycles. The molecule has 2 heterocycles. The molecule has 0 aliphatic carbocycles. The number of likely N-dealkylation sites (tertiary alicyclic amines) is 1. The van der Waals surface area contributed by atoms with Crippen molar-refractivity contribution in [3.63, 3.8) is 0 Å². The van der Waals surface area contributed by atoms with Crippen LogP contribution in [0, 0.1) is 0 Å². The van der Waals surface area contributed by atoms with Gasteiger partial charge in [-0.3, -0.25) is 19.2 Å². The van der Waals surface area contributed by atoms with Gasteiger partial charge in [0.1, 0.15) is 5.82 Å². The number of nitrogen functional groups attached to an aromatic ring is 1. The van der Waals surface area contributed by atoms with Gasteiger partial charge in [-0.25, -0.2) is 4.79 Å². The minimum atomic E-state index is -0.398. The van der Waals surface area contributed by atoms with Crippen molar-refractivity contribution >= 4 is 5.82 Å². The number of aromatic amines is 1. The van der Waals surface area contributed by atoms with Gasteiger partial charge >= 0.3 is 5.69 Å². The maximum Gasteiger partial charge on any atom is 0.329 e. The number of anilines is 1. The van der Waals surface area contributed by atoms with E-state index in [0.29, 0.717) is 24.5 Å². The minimum Gasteiger partial charge on any atom is -0.385 e. The summed E-state index contributed by atoms with van der Waals surface area (Å²) in [6, 6.07) is 0. The van der Waals surface area contributed by atoms with Crippen molar-refractivity contribution in [1.29, 1.82) is 0 Å². The van der Waals surface area contributed by atoms with Crippen LogP contribution in [0.15, 0.2) is 9.59 Å². The molecule has 0 amide bonds. The predicted octanol–water partition coefficient (Wildman–Crippen LogP) is 1.29. The number of nitrogens with one attached hydrogen (secondary N) is 1. The number of hydrogen-bond donors (Lipinski definition) is 2. The van der Waals surface area contributed by atoms with Gasteiger partial charge in [0.15, 0.2) is 0 Å². The van der Waals surface area contributed by atoms with Gasteiger partial charge in [-0.1, -0.05) is 26.2 Å². The van der Waals surface area contributed by atoms with Gasteiger partial charge < -0.3 is 5.73 Å². The fraction of sp³-hybridized carbons (Fsp3) is 0.733. The molecule has 0 bridgehead atoms. The lowest BCUT2D eigenvalue weighted by molar-refractivity contribution is 0.275. The predicted molar refractivity (Wildman–Crippen MR) is 84.4 cm³/mol. The van der Waals surface area contributed by atoms with Crippen LogP contribution in [0.25, 0.3) is 0 Å². The topological polar surface area (TPSA) is 84.1 Å². The lowest BCUT2D eigenvalue weighted by atomic mass is 10.2. The van der Waals surface area contributed by atoms with E-state index in [2.05, 4.69) is 16.8 Å². The molecule has 2 rings (SSSR count). The Bertz CT molecular complexity index is 568. The molecule has 6 heteroatoms. The normalized spacial score (nSPS) is 16.8. The zero-order valence-corrected chi connectivity index (χ0v) is 12.9. The number of nitrogens with two attached hydrogens (primary N) is 1. The van der Waals surface area contributed by atoms with Crippen molar-refractivity contribution in [1.82, 2.24) is 14.5 Å². The molecule has 0 aromatic carbocycles. The molecule has 3 N–H and O–H groups in total. The maximum absolute atomic E-state index is 12.1. The SMILES string of the molecule is CCCCn1c(N)c(CN2CCCCCC2)c(=O)[nH]c1=O. The van der Waals surface area contributed by atoms with Gasteiger partial charge in [-0.15, -0.1) is 0 Å². The number of nitrogens with zero attached hydrogens (tertiary/aromatic N) is 2. The summed E-state index contributed by atoms with van der Waals surface area (Å²) in [6.07, 6.45) is 6.67. The quantitative estimate of drug-likeness (QED) is 0.857. The zero-order valence-electron chi connectivity index (χ0n) is 12.9. The summed E-state index contributed by atoms with van der Waals surface area (Å²) in [7, 11) is 0. The average Bonchev–Trinajstić information content (AvgIpc) is 2.72. The first-order valence-electron chi connectivity index (χ1n) is 7.97. The van der Waals surface area contributed by atoms with E-state index in [-0.39, 0.29) is 5.56 Å². The van der Waals surface area contributed by atoms with Crippen molar-refractivity contribution in [3.05, 3.63) is 26.4 Å². The Morgan fingerprint density at radius 3 is 2.43 bits per heavy atom. The average molecular weight is 294 g/mol. The van der Waals surface area contributed by atoms with Gasteiger partial charge in [0, 0.05) is 13.1 Å². The van der Waals surface area contributed by atoms with Crippen LogP contribution in [-0.4, -0.2) is 27.5 Å². The number of aromatic nitrogens is 2. The molecule has 1 fully saturated rings. The highest BCUT2D eigenvalue weighted by Crippen LogP contribution is 2.14. The number of unbranched alkanes of at least 4 members (excludes halogenated alkanes) is 1. The van der Waals surface area contributed by atoms with Crippen molar-refractivity contribution in [2.75, 3.05) is 18.8 Å². The van der Waals surface area contributed by atoms with E-state index >= 15 is 0 Å². The number of rotatable bonds is 5. The third-order valence-electron chi connectivity index (χ3n) is 4.16. The Morgan fingerprint density at radius 2 is 1.81 bits per heavy atom. The van der Waals surface area contributed by atoms with Crippen molar-refractivity contribution in [3.8, 4) is 0 Å². The second-order valence-electron chi connectivity index (χ2n) is 5.82. The Morgan fingerprint density at radius 1 is 1.14 bits per heavy atom. The minimum absolute atomic E-state index is 0.335.